The van der Waals surface area contributed by atoms with Crippen LogP contribution in [0.25, 0.3) is 0 Å². The number of thiophene rings is 1. The highest BCUT2D eigenvalue weighted by atomic mass is 32.1. The highest BCUT2D eigenvalue weighted by molar-refractivity contribution is 7.09. The van der Waals surface area contributed by atoms with Gasteiger partial charge in [0.05, 0.1) is 13.6 Å². The summed E-state index contributed by atoms with van der Waals surface area (Å²) in [6.45, 7) is 7.96. The van der Waals surface area contributed by atoms with Crippen molar-refractivity contribution < 1.29 is 9.80 Å². The van der Waals surface area contributed by atoms with Gasteiger partial charge in [0.15, 0.2) is 0 Å². The Bertz CT molecular complexity index is 573. The van der Waals surface area contributed by atoms with Gasteiger partial charge in [0, 0.05) is 11.3 Å². The lowest BCUT2D eigenvalue weighted by Gasteiger charge is -2.32. The fourth-order valence-corrected chi connectivity index (χ4v) is 4.08. The molecule has 0 amide bonds. The van der Waals surface area contributed by atoms with Crippen molar-refractivity contribution in [3.8, 4) is 0 Å². The molecule has 1 aliphatic heterocycles. The first kappa shape index (κ1) is 16.5. The lowest BCUT2D eigenvalue weighted by atomic mass is 10.1. The zero-order valence-corrected chi connectivity index (χ0v) is 15.0. The molecule has 0 radical (unpaired) electrons. The van der Waals surface area contributed by atoms with Gasteiger partial charge < -0.3 is 9.80 Å². The fourth-order valence-electron chi connectivity index (χ4n) is 3.39. The Morgan fingerprint density at radius 1 is 1.30 bits per heavy atom. The van der Waals surface area contributed by atoms with Gasteiger partial charge >= 0.3 is 0 Å². The van der Waals surface area contributed by atoms with Gasteiger partial charge in [0.2, 0.25) is 5.82 Å². The molecule has 0 aliphatic carbocycles. The molecule has 7 heteroatoms. The van der Waals surface area contributed by atoms with E-state index in [-0.39, 0.29) is 0 Å². The summed E-state index contributed by atoms with van der Waals surface area (Å²) in [4.78, 5) is 4.61. The molecule has 1 aliphatic rings. The van der Waals surface area contributed by atoms with Crippen molar-refractivity contribution in [1.29, 1.82) is 0 Å². The predicted octanol–water partition coefficient (Wildman–Crippen LogP) is -0.573. The minimum atomic E-state index is 0.429. The molecular weight excluding hydrogens is 308 g/mol. The molecule has 3 heterocycles. The van der Waals surface area contributed by atoms with Crippen LogP contribution in [-0.2, 0) is 6.54 Å². The van der Waals surface area contributed by atoms with Gasteiger partial charge in [-0.2, -0.15) is 0 Å². The maximum atomic E-state index is 4.42. The van der Waals surface area contributed by atoms with E-state index in [1.807, 2.05) is 4.68 Å². The standard InChI is InChI=1S/C16H26N6S/c1-3-4-7-15(21-10-8-20(2)9-11-21)16-17-18-19-22(16)13-14-6-5-12-23-14/h5-6,12,15H,3-4,7-11,13H2,1-2H3/p+2/t15-/m0/s1. The number of nitrogens with one attached hydrogen (secondary N) is 2. The highest BCUT2D eigenvalue weighted by Crippen LogP contribution is 2.16. The van der Waals surface area contributed by atoms with Gasteiger partial charge in [-0.05, 0) is 28.3 Å². The third kappa shape index (κ3) is 4.16. The summed E-state index contributed by atoms with van der Waals surface area (Å²) in [5.41, 5.74) is 0. The summed E-state index contributed by atoms with van der Waals surface area (Å²) in [6, 6.07) is 4.68. The van der Waals surface area contributed by atoms with Crippen molar-refractivity contribution in [3.05, 3.63) is 28.2 Å². The SMILES string of the molecule is CCCC[C@@H](c1nnnn1Cc1cccs1)[NH+]1CC[NH+](C)CC1. The van der Waals surface area contributed by atoms with Gasteiger partial charge in [-0.1, -0.05) is 19.4 Å². The van der Waals surface area contributed by atoms with E-state index < -0.39 is 0 Å². The van der Waals surface area contributed by atoms with Crippen molar-refractivity contribution in [2.75, 3.05) is 33.2 Å². The van der Waals surface area contributed by atoms with Gasteiger partial charge in [-0.15, -0.1) is 16.4 Å². The monoisotopic (exact) mass is 336 g/mol. The summed E-state index contributed by atoms with van der Waals surface area (Å²) >= 11 is 1.77. The van der Waals surface area contributed by atoms with E-state index in [2.05, 4.69) is 47.0 Å². The van der Waals surface area contributed by atoms with Crippen LogP contribution < -0.4 is 9.80 Å². The molecule has 23 heavy (non-hydrogen) atoms. The molecule has 1 fully saturated rings. The van der Waals surface area contributed by atoms with Crippen molar-refractivity contribution >= 4 is 11.3 Å². The van der Waals surface area contributed by atoms with Crippen LogP contribution in [0.5, 0.6) is 0 Å². The maximum Gasteiger partial charge on any atom is 0.209 e. The molecule has 0 spiro atoms. The Balaban J connectivity index is 1.77. The molecule has 2 aromatic rings. The van der Waals surface area contributed by atoms with E-state index in [0.717, 1.165) is 12.4 Å². The second kappa shape index (κ2) is 7.99. The number of nitrogens with zero attached hydrogens (tertiary/aromatic N) is 4. The summed E-state index contributed by atoms with van der Waals surface area (Å²) < 4.78 is 2.02. The number of piperazine rings is 1. The number of rotatable bonds is 7. The second-order valence-electron chi connectivity index (χ2n) is 6.58. The van der Waals surface area contributed by atoms with Crippen LogP contribution in [0.15, 0.2) is 17.5 Å². The van der Waals surface area contributed by atoms with E-state index in [0.29, 0.717) is 6.04 Å². The minimum absolute atomic E-state index is 0.429. The molecule has 1 saturated heterocycles. The number of hydrogen-bond acceptors (Lipinski definition) is 4. The maximum absolute atomic E-state index is 4.42. The Hall–Kier alpha value is -1.31. The lowest BCUT2D eigenvalue weighted by molar-refractivity contribution is -1.02. The van der Waals surface area contributed by atoms with Gasteiger partial charge in [-0.25, -0.2) is 4.68 Å². The first-order chi connectivity index (χ1) is 11.3. The van der Waals surface area contributed by atoms with E-state index in [4.69, 9.17) is 0 Å². The van der Waals surface area contributed by atoms with E-state index in [1.165, 1.54) is 50.3 Å². The van der Waals surface area contributed by atoms with Gasteiger partial charge in [0.1, 0.15) is 32.2 Å². The molecule has 0 unspecified atom stereocenters. The summed E-state index contributed by atoms with van der Waals surface area (Å²) in [5, 5.41) is 14.8. The van der Waals surface area contributed by atoms with Crippen LogP contribution in [0, 0.1) is 0 Å². The van der Waals surface area contributed by atoms with Crippen LogP contribution in [0.3, 0.4) is 0 Å². The largest absolute Gasteiger partial charge is 0.328 e. The van der Waals surface area contributed by atoms with E-state index in [1.54, 1.807) is 21.1 Å². The van der Waals surface area contributed by atoms with Crippen molar-refractivity contribution in [2.24, 2.45) is 0 Å². The molecular formula is C16H28N6S+2. The summed E-state index contributed by atoms with van der Waals surface area (Å²) in [7, 11) is 2.29. The first-order valence-corrected chi connectivity index (χ1v) is 9.60. The molecule has 3 rings (SSSR count). The fraction of sp³-hybridized carbons (Fsp3) is 0.688. The lowest BCUT2D eigenvalue weighted by Crippen LogP contribution is -3.27. The number of quaternary nitrogens is 2. The number of likely N-dealkylation sites (N-methyl/N-ethyl adjacent to an activating group) is 1. The molecule has 1 atom stereocenters. The van der Waals surface area contributed by atoms with Crippen LogP contribution in [0.1, 0.15) is 42.9 Å². The van der Waals surface area contributed by atoms with Crippen LogP contribution in [0.2, 0.25) is 0 Å². The van der Waals surface area contributed by atoms with Crippen molar-refractivity contribution in [3.63, 3.8) is 0 Å². The van der Waals surface area contributed by atoms with Gasteiger partial charge in [-0.3, -0.25) is 0 Å². The molecule has 0 aromatic carbocycles. The normalized spacial score (nSPS) is 23.0. The molecule has 2 N–H and O–H groups in total. The first-order valence-electron chi connectivity index (χ1n) is 8.72. The number of aromatic nitrogens is 4. The van der Waals surface area contributed by atoms with Gasteiger partial charge in [0.25, 0.3) is 0 Å². The molecule has 2 aromatic heterocycles. The number of hydrogen-bond donors (Lipinski definition) is 2. The zero-order valence-electron chi connectivity index (χ0n) is 14.2. The molecule has 0 saturated carbocycles. The minimum Gasteiger partial charge on any atom is -0.328 e. The number of tetrazole rings is 1. The molecule has 126 valence electrons. The number of unbranched alkanes of at least 4 members (excludes halogenated alkanes) is 1. The zero-order chi connectivity index (χ0) is 16.1. The summed E-state index contributed by atoms with van der Waals surface area (Å²) in [5.74, 6) is 1.07. The average Bonchev–Trinajstić information content (AvgIpc) is 3.22. The van der Waals surface area contributed by atoms with Crippen molar-refractivity contribution in [1.82, 2.24) is 20.2 Å². The van der Waals surface area contributed by atoms with Crippen LogP contribution >= 0.6 is 11.3 Å². The predicted molar refractivity (Wildman–Crippen MR) is 90.8 cm³/mol. The summed E-state index contributed by atoms with van der Waals surface area (Å²) in [6.07, 6.45) is 3.64. The van der Waals surface area contributed by atoms with E-state index in [9.17, 15) is 0 Å². The smallest absolute Gasteiger partial charge is 0.209 e. The van der Waals surface area contributed by atoms with Crippen LogP contribution in [-0.4, -0.2) is 53.4 Å². The van der Waals surface area contributed by atoms with Crippen molar-refractivity contribution in [2.45, 2.75) is 38.8 Å². The van der Waals surface area contributed by atoms with E-state index >= 15 is 0 Å². The Morgan fingerprint density at radius 2 is 2.13 bits per heavy atom. The molecule has 0 bridgehead atoms. The average molecular weight is 337 g/mol. The Morgan fingerprint density at radius 3 is 2.83 bits per heavy atom. The Labute approximate surface area is 142 Å². The quantitative estimate of drug-likeness (QED) is 0.712. The Kier molecular flexibility index (Phi) is 5.75. The topological polar surface area (TPSA) is 52.5 Å². The third-order valence-corrected chi connectivity index (χ3v) is 5.70. The third-order valence-electron chi connectivity index (χ3n) is 4.84. The highest BCUT2D eigenvalue weighted by Gasteiger charge is 2.32. The second-order valence-corrected chi connectivity index (χ2v) is 7.62. The molecule has 6 nitrogen and oxygen atoms in total. The van der Waals surface area contributed by atoms with Crippen LogP contribution in [0.4, 0.5) is 0 Å².